The van der Waals surface area contributed by atoms with Crippen LogP contribution < -0.4 is 16.0 Å². The van der Waals surface area contributed by atoms with Gasteiger partial charge in [-0.05, 0) is 19.3 Å². The molecular weight excluding hydrogens is 256 g/mol. The zero-order chi connectivity index (χ0) is 14.6. The summed E-state index contributed by atoms with van der Waals surface area (Å²) >= 11 is 0. The first-order chi connectivity index (χ1) is 9.50. The van der Waals surface area contributed by atoms with Crippen LogP contribution in [0.3, 0.4) is 0 Å². The van der Waals surface area contributed by atoms with Crippen LogP contribution in [0.5, 0.6) is 0 Å². The van der Waals surface area contributed by atoms with Gasteiger partial charge in [-0.3, -0.25) is 0 Å². The summed E-state index contributed by atoms with van der Waals surface area (Å²) in [6.45, 7) is 6.54. The van der Waals surface area contributed by atoms with Crippen LogP contribution in [-0.2, 0) is 0 Å². The predicted octanol–water partition coefficient (Wildman–Crippen LogP) is 0.874. The van der Waals surface area contributed by atoms with Crippen LogP contribution in [0.25, 0.3) is 0 Å². The summed E-state index contributed by atoms with van der Waals surface area (Å²) in [5.74, 6) is 1.34. The number of hydrogen-bond donors (Lipinski definition) is 3. The van der Waals surface area contributed by atoms with E-state index < -0.39 is 0 Å². The van der Waals surface area contributed by atoms with Crippen molar-refractivity contribution < 1.29 is 5.11 Å². The number of nitrogens with one attached hydrogen (secondary N) is 1. The number of nitrogen functional groups attached to an aromatic ring is 1. The molecule has 0 saturated carbocycles. The Bertz CT molecular complexity index is 444. The average Bonchev–Trinajstić information content (AvgIpc) is 2.46. The largest absolute Gasteiger partial charge is 0.396 e. The fourth-order valence-corrected chi connectivity index (χ4v) is 2.07. The molecule has 0 bridgehead atoms. The van der Waals surface area contributed by atoms with Crippen molar-refractivity contribution in [2.24, 2.45) is 5.41 Å². The second kappa shape index (κ2) is 6.21. The monoisotopic (exact) mass is 280 g/mol. The molecule has 0 atom stereocenters. The number of nitrogens with zero attached hydrogens (tertiary/aromatic N) is 4. The highest BCUT2D eigenvalue weighted by atomic mass is 16.3. The van der Waals surface area contributed by atoms with E-state index >= 15 is 0 Å². The van der Waals surface area contributed by atoms with Crippen molar-refractivity contribution in [1.82, 2.24) is 15.0 Å². The van der Waals surface area contributed by atoms with Crippen molar-refractivity contribution in [3.63, 3.8) is 0 Å². The summed E-state index contributed by atoms with van der Waals surface area (Å²) in [5, 5.41) is 12.4. The third kappa shape index (κ3) is 3.93. The Morgan fingerprint density at radius 1 is 1.20 bits per heavy atom. The molecule has 1 aromatic heterocycles. The Labute approximate surface area is 119 Å². The Balaban J connectivity index is 2.08. The van der Waals surface area contributed by atoms with Gasteiger partial charge in [-0.25, -0.2) is 0 Å². The minimum Gasteiger partial charge on any atom is -0.396 e. The van der Waals surface area contributed by atoms with Crippen molar-refractivity contribution in [3.8, 4) is 0 Å². The molecule has 0 radical (unpaired) electrons. The number of nitrogens with two attached hydrogens (primary N) is 1. The van der Waals surface area contributed by atoms with Crippen LogP contribution in [0, 0.1) is 5.41 Å². The molecule has 2 heterocycles. The number of rotatable bonds is 5. The van der Waals surface area contributed by atoms with E-state index in [4.69, 9.17) is 5.73 Å². The maximum Gasteiger partial charge on any atom is 0.231 e. The zero-order valence-electron chi connectivity index (χ0n) is 12.3. The highest BCUT2D eigenvalue weighted by molar-refractivity contribution is 5.42. The van der Waals surface area contributed by atoms with Crippen molar-refractivity contribution in [2.75, 3.05) is 42.2 Å². The molecule has 1 aliphatic rings. The van der Waals surface area contributed by atoms with Crippen LogP contribution in [0.4, 0.5) is 17.8 Å². The number of hydrogen-bond acceptors (Lipinski definition) is 7. The number of piperidine rings is 1. The first-order valence-electron chi connectivity index (χ1n) is 7.11. The summed E-state index contributed by atoms with van der Waals surface area (Å²) in [5.41, 5.74) is 5.53. The lowest BCUT2D eigenvalue weighted by molar-refractivity contribution is 0.170. The molecule has 0 aliphatic carbocycles. The van der Waals surface area contributed by atoms with Gasteiger partial charge in [0.05, 0.1) is 0 Å². The number of anilines is 3. The van der Waals surface area contributed by atoms with Gasteiger partial charge in [-0.2, -0.15) is 15.0 Å². The topological polar surface area (TPSA) is 100 Å². The summed E-state index contributed by atoms with van der Waals surface area (Å²) in [4.78, 5) is 14.9. The minimum absolute atomic E-state index is 0.0968. The maximum absolute atomic E-state index is 9.26. The van der Waals surface area contributed by atoms with Crippen LogP contribution in [0.15, 0.2) is 0 Å². The predicted molar refractivity (Wildman–Crippen MR) is 79.7 cm³/mol. The van der Waals surface area contributed by atoms with Gasteiger partial charge in [0.15, 0.2) is 0 Å². The van der Waals surface area contributed by atoms with Gasteiger partial charge in [0.2, 0.25) is 17.8 Å². The molecule has 20 heavy (non-hydrogen) atoms. The lowest BCUT2D eigenvalue weighted by Gasteiger charge is -2.27. The lowest BCUT2D eigenvalue weighted by Crippen LogP contribution is -2.32. The third-order valence-electron chi connectivity index (χ3n) is 3.43. The second-order valence-corrected chi connectivity index (χ2v) is 6.04. The summed E-state index contributed by atoms with van der Waals surface area (Å²) in [7, 11) is 0. The SMILES string of the molecule is CC(C)(CO)CNc1nc(N)nc(N2CCCCC2)n1. The zero-order valence-corrected chi connectivity index (χ0v) is 12.3. The number of aromatic nitrogens is 3. The van der Waals surface area contributed by atoms with Gasteiger partial charge in [-0.1, -0.05) is 13.8 Å². The highest BCUT2D eigenvalue weighted by Crippen LogP contribution is 2.19. The van der Waals surface area contributed by atoms with E-state index in [9.17, 15) is 5.11 Å². The molecule has 0 unspecified atom stereocenters. The van der Waals surface area contributed by atoms with E-state index in [0.29, 0.717) is 18.4 Å². The lowest BCUT2D eigenvalue weighted by atomic mass is 9.95. The molecule has 7 nitrogen and oxygen atoms in total. The Hall–Kier alpha value is -1.63. The fourth-order valence-electron chi connectivity index (χ4n) is 2.07. The molecule has 2 rings (SSSR count). The maximum atomic E-state index is 9.26. The Morgan fingerprint density at radius 3 is 2.55 bits per heavy atom. The Morgan fingerprint density at radius 2 is 1.90 bits per heavy atom. The van der Waals surface area contributed by atoms with E-state index in [2.05, 4.69) is 25.2 Å². The molecule has 0 aromatic carbocycles. The standard InChI is InChI=1S/C13H24N6O/c1-13(2,9-20)8-15-11-16-10(14)17-12(18-11)19-6-4-3-5-7-19/h20H,3-9H2,1-2H3,(H3,14,15,16,17,18). The Kier molecular flexibility index (Phi) is 4.59. The quantitative estimate of drug-likeness (QED) is 0.736. The van der Waals surface area contributed by atoms with E-state index in [1.165, 1.54) is 6.42 Å². The van der Waals surface area contributed by atoms with Gasteiger partial charge >= 0.3 is 0 Å². The summed E-state index contributed by atoms with van der Waals surface area (Å²) in [6, 6.07) is 0. The van der Waals surface area contributed by atoms with Crippen molar-refractivity contribution >= 4 is 17.8 Å². The van der Waals surface area contributed by atoms with Gasteiger partial charge in [0, 0.05) is 31.7 Å². The highest BCUT2D eigenvalue weighted by Gasteiger charge is 2.18. The molecule has 1 aromatic rings. The fraction of sp³-hybridized carbons (Fsp3) is 0.769. The van der Waals surface area contributed by atoms with Gasteiger partial charge in [-0.15, -0.1) is 0 Å². The number of aliphatic hydroxyl groups excluding tert-OH is 1. The van der Waals surface area contributed by atoms with Gasteiger partial charge < -0.3 is 21.1 Å². The van der Waals surface area contributed by atoms with Gasteiger partial charge in [0.25, 0.3) is 0 Å². The third-order valence-corrected chi connectivity index (χ3v) is 3.43. The van der Waals surface area contributed by atoms with Crippen molar-refractivity contribution in [1.29, 1.82) is 0 Å². The molecule has 0 amide bonds. The van der Waals surface area contributed by atoms with Crippen LogP contribution in [-0.4, -0.2) is 46.3 Å². The van der Waals surface area contributed by atoms with Crippen LogP contribution in [0.2, 0.25) is 0 Å². The first-order valence-corrected chi connectivity index (χ1v) is 7.11. The minimum atomic E-state index is -0.229. The van der Waals surface area contributed by atoms with E-state index in [1.54, 1.807) is 0 Å². The first kappa shape index (κ1) is 14.8. The average molecular weight is 280 g/mol. The molecule has 7 heteroatoms. The van der Waals surface area contributed by atoms with Crippen molar-refractivity contribution in [2.45, 2.75) is 33.1 Å². The molecule has 1 aliphatic heterocycles. The molecular formula is C13H24N6O. The van der Waals surface area contributed by atoms with Gasteiger partial charge in [0.1, 0.15) is 0 Å². The summed E-state index contributed by atoms with van der Waals surface area (Å²) < 4.78 is 0. The van der Waals surface area contributed by atoms with E-state index in [1.807, 2.05) is 13.8 Å². The van der Waals surface area contributed by atoms with Crippen LogP contribution in [0.1, 0.15) is 33.1 Å². The summed E-state index contributed by atoms with van der Waals surface area (Å²) in [6.07, 6.45) is 3.57. The molecule has 112 valence electrons. The molecule has 1 saturated heterocycles. The number of aliphatic hydroxyl groups is 1. The molecule has 4 N–H and O–H groups in total. The molecule has 1 fully saturated rings. The normalized spacial score (nSPS) is 16.2. The molecule has 0 spiro atoms. The second-order valence-electron chi connectivity index (χ2n) is 6.04. The van der Waals surface area contributed by atoms with E-state index in [-0.39, 0.29) is 18.0 Å². The smallest absolute Gasteiger partial charge is 0.231 e. The van der Waals surface area contributed by atoms with Crippen molar-refractivity contribution in [3.05, 3.63) is 0 Å². The van der Waals surface area contributed by atoms with E-state index in [0.717, 1.165) is 25.9 Å². The van der Waals surface area contributed by atoms with Crippen LogP contribution >= 0.6 is 0 Å².